The minimum absolute atomic E-state index is 0.0392. The molecule has 0 aliphatic rings. The maximum absolute atomic E-state index is 11.8. The second-order valence-corrected chi connectivity index (χ2v) is 7.83. The van der Waals surface area contributed by atoms with Crippen LogP contribution in [0.15, 0.2) is 12.2 Å². The van der Waals surface area contributed by atoms with Gasteiger partial charge in [-0.25, -0.2) is 0 Å². The van der Waals surface area contributed by atoms with E-state index in [9.17, 15) is 9.90 Å². The fourth-order valence-electron chi connectivity index (χ4n) is 3.66. The van der Waals surface area contributed by atoms with Crippen molar-refractivity contribution < 1.29 is 9.90 Å². The van der Waals surface area contributed by atoms with E-state index in [1.165, 1.54) is 44.9 Å². The molecule has 0 saturated carbocycles. The van der Waals surface area contributed by atoms with Gasteiger partial charge < -0.3 is 10.8 Å². The van der Waals surface area contributed by atoms with E-state index in [1.807, 2.05) is 6.92 Å². The standard InChI is InChI=1S/C22H43NO2/c1-4-6-7-8-9-10-11-12-13-14-15-16-17-20(21(23)25)22(3,19-24)18-5-2/h10-11,20,24H,4-9,12-19H2,1-3H3,(H2,23,25). The zero-order valence-electron chi connectivity index (χ0n) is 17.1. The molecule has 0 rings (SSSR count). The molecule has 0 bridgehead atoms. The number of carbonyl (C=O) groups excluding carboxylic acids is 1. The van der Waals surface area contributed by atoms with Gasteiger partial charge in [-0.1, -0.05) is 77.9 Å². The summed E-state index contributed by atoms with van der Waals surface area (Å²) in [6, 6.07) is 0. The Morgan fingerprint density at radius 3 is 2.00 bits per heavy atom. The van der Waals surface area contributed by atoms with Crippen molar-refractivity contribution in [1.82, 2.24) is 0 Å². The first kappa shape index (κ1) is 24.2. The molecule has 2 unspecified atom stereocenters. The van der Waals surface area contributed by atoms with Crippen molar-refractivity contribution in [3.63, 3.8) is 0 Å². The van der Waals surface area contributed by atoms with Gasteiger partial charge in [0.15, 0.2) is 0 Å². The van der Waals surface area contributed by atoms with Gasteiger partial charge in [0.25, 0.3) is 0 Å². The van der Waals surface area contributed by atoms with Crippen molar-refractivity contribution in [1.29, 1.82) is 0 Å². The molecule has 0 radical (unpaired) electrons. The van der Waals surface area contributed by atoms with Crippen LogP contribution in [0.4, 0.5) is 0 Å². The van der Waals surface area contributed by atoms with Crippen LogP contribution in [0.3, 0.4) is 0 Å². The van der Waals surface area contributed by atoms with Gasteiger partial charge in [0.1, 0.15) is 0 Å². The molecule has 0 aliphatic carbocycles. The third kappa shape index (κ3) is 11.4. The van der Waals surface area contributed by atoms with Crippen LogP contribution < -0.4 is 5.73 Å². The van der Waals surface area contributed by atoms with Gasteiger partial charge in [-0.2, -0.15) is 0 Å². The van der Waals surface area contributed by atoms with Gasteiger partial charge in [0.05, 0.1) is 0 Å². The lowest BCUT2D eigenvalue weighted by Gasteiger charge is -2.34. The van der Waals surface area contributed by atoms with Crippen LogP contribution in [-0.4, -0.2) is 17.6 Å². The van der Waals surface area contributed by atoms with Gasteiger partial charge in [0, 0.05) is 17.9 Å². The molecule has 0 heterocycles. The summed E-state index contributed by atoms with van der Waals surface area (Å²) >= 11 is 0. The number of hydrogen-bond donors (Lipinski definition) is 2. The summed E-state index contributed by atoms with van der Waals surface area (Å²) in [6.45, 7) is 6.37. The Kier molecular flexibility index (Phi) is 14.9. The van der Waals surface area contributed by atoms with Crippen LogP contribution in [0.5, 0.6) is 0 Å². The van der Waals surface area contributed by atoms with E-state index in [2.05, 4.69) is 26.0 Å². The molecule has 0 aromatic rings. The van der Waals surface area contributed by atoms with Gasteiger partial charge in [0.2, 0.25) is 5.91 Å². The maximum atomic E-state index is 11.8. The van der Waals surface area contributed by atoms with Crippen LogP contribution in [-0.2, 0) is 4.79 Å². The molecule has 0 aliphatic heterocycles. The second kappa shape index (κ2) is 15.4. The maximum Gasteiger partial charge on any atom is 0.221 e. The number of aliphatic hydroxyl groups excluding tert-OH is 1. The van der Waals surface area contributed by atoms with E-state index < -0.39 is 0 Å². The Morgan fingerprint density at radius 2 is 1.52 bits per heavy atom. The fraction of sp³-hybridized carbons (Fsp3) is 0.864. The largest absolute Gasteiger partial charge is 0.396 e. The molecule has 1 amide bonds. The number of unbranched alkanes of at least 4 members (excludes halogenated alkanes) is 8. The molecule has 3 heteroatoms. The van der Waals surface area contributed by atoms with Crippen molar-refractivity contribution in [2.45, 2.75) is 104 Å². The monoisotopic (exact) mass is 353 g/mol. The quantitative estimate of drug-likeness (QED) is 0.258. The van der Waals surface area contributed by atoms with E-state index in [4.69, 9.17) is 5.73 Å². The summed E-state index contributed by atoms with van der Waals surface area (Å²) < 4.78 is 0. The number of rotatable bonds is 17. The first-order valence-corrected chi connectivity index (χ1v) is 10.6. The van der Waals surface area contributed by atoms with E-state index in [-0.39, 0.29) is 23.8 Å². The van der Waals surface area contributed by atoms with Crippen LogP contribution in [0.2, 0.25) is 0 Å². The third-order valence-corrected chi connectivity index (χ3v) is 5.37. The summed E-state index contributed by atoms with van der Waals surface area (Å²) in [7, 11) is 0. The van der Waals surface area contributed by atoms with Crippen LogP contribution >= 0.6 is 0 Å². The van der Waals surface area contributed by atoms with Gasteiger partial charge in [-0.15, -0.1) is 0 Å². The van der Waals surface area contributed by atoms with Crippen molar-refractivity contribution in [3.8, 4) is 0 Å². The highest BCUT2D eigenvalue weighted by Gasteiger charge is 2.36. The third-order valence-electron chi connectivity index (χ3n) is 5.37. The Labute approximate surface area is 156 Å². The summed E-state index contributed by atoms with van der Waals surface area (Å²) in [4.78, 5) is 11.8. The zero-order valence-corrected chi connectivity index (χ0v) is 17.1. The SMILES string of the molecule is CCCCCCC=CCCCCCCC(C(N)=O)C(C)(CO)CCC. The lowest BCUT2D eigenvalue weighted by atomic mass is 9.72. The second-order valence-electron chi connectivity index (χ2n) is 7.83. The normalized spacial score (nSPS) is 15.4. The first-order chi connectivity index (χ1) is 12.0. The minimum atomic E-state index is -0.360. The van der Waals surface area contributed by atoms with Crippen molar-refractivity contribution in [3.05, 3.63) is 12.2 Å². The fourth-order valence-corrected chi connectivity index (χ4v) is 3.66. The topological polar surface area (TPSA) is 63.3 Å². The average Bonchev–Trinajstić information content (AvgIpc) is 2.58. The lowest BCUT2D eigenvalue weighted by molar-refractivity contribution is -0.127. The number of aliphatic hydroxyl groups is 1. The molecule has 2 atom stereocenters. The molecule has 3 N–H and O–H groups in total. The Morgan fingerprint density at radius 1 is 0.960 bits per heavy atom. The number of allylic oxidation sites excluding steroid dienone is 2. The van der Waals surface area contributed by atoms with Crippen LogP contribution in [0.25, 0.3) is 0 Å². The molecule has 0 fully saturated rings. The summed E-state index contributed by atoms with van der Waals surface area (Å²) in [6.07, 6.45) is 19.6. The number of carbonyl (C=O) groups is 1. The summed E-state index contributed by atoms with van der Waals surface area (Å²) in [5, 5.41) is 9.71. The highest BCUT2D eigenvalue weighted by molar-refractivity contribution is 5.77. The van der Waals surface area contributed by atoms with Crippen molar-refractivity contribution in [2.24, 2.45) is 17.1 Å². The molecule has 3 nitrogen and oxygen atoms in total. The zero-order chi connectivity index (χ0) is 19.0. The van der Waals surface area contributed by atoms with Gasteiger partial charge in [-0.3, -0.25) is 4.79 Å². The van der Waals surface area contributed by atoms with E-state index in [0.29, 0.717) is 0 Å². The van der Waals surface area contributed by atoms with Crippen LogP contribution in [0, 0.1) is 11.3 Å². The van der Waals surface area contributed by atoms with E-state index >= 15 is 0 Å². The van der Waals surface area contributed by atoms with Crippen LogP contribution in [0.1, 0.15) is 104 Å². The first-order valence-electron chi connectivity index (χ1n) is 10.6. The van der Waals surface area contributed by atoms with E-state index in [0.717, 1.165) is 38.5 Å². The Hall–Kier alpha value is -0.830. The highest BCUT2D eigenvalue weighted by Crippen LogP contribution is 2.35. The van der Waals surface area contributed by atoms with E-state index in [1.54, 1.807) is 0 Å². The van der Waals surface area contributed by atoms with Crippen molar-refractivity contribution >= 4 is 5.91 Å². The number of primary amides is 1. The average molecular weight is 354 g/mol. The smallest absolute Gasteiger partial charge is 0.221 e. The molecule has 0 spiro atoms. The highest BCUT2D eigenvalue weighted by atomic mass is 16.3. The van der Waals surface area contributed by atoms with Gasteiger partial charge in [-0.05, 0) is 38.5 Å². The molecular formula is C22H43NO2. The number of hydrogen-bond acceptors (Lipinski definition) is 2. The van der Waals surface area contributed by atoms with Gasteiger partial charge >= 0.3 is 0 Å². The number of nitrogens with two attached hydrogens (primary N) is 1. The minimum Gasteiger partial charge on any atom is -0.396 e. The Balaban J connectivity index is 3.86. The molecule has 148 valence electrons. The molecule has 0 saturated heterocycles. The van der Waals surface area contributed by atoms with Crippen molar-refractivity contribution in [2.75, 3.05) is 6.61 Å². The predicted molar refractivity (Wildman–Crippen MR) is 108 cm³/mol. The predicted octanol–water partition coefficient (Wildman–Crippen LogP) is 5.75. The summed E-state index contributed by atoms with van der Waals surface area (Å²) in [5.41, 5.74) is 5.25. The Bertz CT molecular complexity index is 354. The molecule has 25 heavy (non-hydrogen) atoms. The molecule has 0 aromatic carbocycles. The molecule has 0 aromatic heterocycles. The lowest BCUT2D eigenvalue weighted by Crippen LogP contribution is -2.40. The summed E-state index contributed by atoms with van der Waals surface area (Å²) in [5.74, 6) is -0.462. The molecular weight excluding hydrogens is 310 g/mol. The number of amides is 1.